The van der Waals surface area contributed by atoms with Gasteiger partial charge in [0.2, 0.25) is 0 Å². The van der Waals surface area contributed by atoms with Crippen molar-refractivity contribution >= 4 is 23.6 Å². The third kappa shape index (κ3) is 2.11. The van der Waals surface area contributed by atoms with Crippen molar-refractivity contribution in [2.75, 3.05) is 0 Å². The van der Waals surface area contributed by atoms with Crippen LogP contribution < -0.4 is 5.46 Å². The van der Waals surface area contributed by atoms with Crippen LogP contribution in [0.1, 0.15) is 12.7 Å². The number of fused-ring (bicyclic) bond motifs is 1. The van der Waals surface area contributed by atoms with Gasteiger partial charge in [-0.2, -0.15) is 0 Å². The fourth-order valence-electron chi connectivity index (χ4n) is 2.43. The molecule has 0 unspecified atom stereocenters. The van der Waals surface area contributed by atoms with Crippen molar-refractivity contribution in [1.29, 1.82) is 0 Å². The Balaban J connectivity index is 2.25. The smallest absolute Gasteiger partial charge is 0.423 e. The van der Waals surface area contributed by atoms with Gasteiger partial charge in [0.05, 0.1) is 11.0 Å². The van der Waals surface area contributed by atoms with Gasteiger partial charge in [0.25, 0.3) is 0 Å². The Labute approximate surface area is 117 Å². The molecule has 0 saturated heterocycles. The molecule has 0 saturated carbocycles. The van der Waals surface area contributed by atoms with Crippen LogP contribution >= 0.6 is 0 Å². The molecular weight excluding hydrogens is 251 g/mol. The zero-order valence-electron chi connectivity index (χ0n) is 11.2. The predicted molar refractivity (Wildman–Crippen MR) is 80.3 cm³/mol. The Bertz CT molecular complexity index is 752. The first-order chi connectivity index (χ1) is 9.70. The van der Waals surface area contributed by atoms with Gasteiger partial charge < -0.3 is 10.0 Å². The highest BCUT2D eigenvalue weighted by Gasteiger charge is 2.14. The molecule has 0 radical (unpaired) electrons. The second-order valence-electron chi connectivity index (χ2n) is 4.67. The number of hydrogen-bond donors (Lipinski definition) is 2. The molecule has 0 amide bonds. The van der Waals surface area contributed by atoms with Gasteiger partial charge in [-0.15, -0.1) is 0 Å². The molecule has 1 heterocycles. The molecule has 0 atom stereocenters. The number of rotatable bonds is 3. The van der Waals surface area contributed by atoms with E-state index in [1.54, 1.807) is 12.1 Å². The molecule has 100 valence electrons. The van der Waals surface area contributed by atoms with Crippen molar-refractivity contribution < 1.29 is 10.0 Å². The zero-order chi connectivity index (χ0) is 14.1. The molecular formula is C15H15BN2O2. The topological polar surface area (TPSA) is 58.3 Å². The number of imidazole rings is 1. The Morgan fingerprint density at radius 3 is 2.65 bits per heavy atom. The lowest BCUT2D eigenvalue weighted by molar-refractivity contribution is 0.426. The minimum Gasteiger partial charge on any atom is -0.423 e. The first-order valence-electron chi connectivity index (χ1n) is 6.63. The third-order valence-corrected chi connectivity index (χ3v) is 3.37. The molecule has 20 heavy (non-hydrogen) atoms. The molecule has 3 rings (SSSR count). The quantitative estimate of drug-likeness (QED) is 0.702. The SMILES string of the molecule is CCc1nc2ccccc2n1-c1cccc(B(O)O)c1. The highest BCUT2D eigenvalue weighted by molar-refractivity contribution is 6.58. The summed E-state index contributed by atoms with van der Waals surface area (Å²) in [6.07, 6.45) is 0.806. The van der Waals surface area contributed by atoms with Crippen molar-refractivity contribution in [1.82, 2.24) is 9.55 Å². The summed E-state index contributed by atoms with van der Waals surface area (Å²) in [6, 6.07) is 15.2. The van der Waals surface area contributed by atoms with E-state index in [1.165, 1.54) is 0 Å². The second-order valence-corrected chi connectivity index (χ2v) is 4.67. The van der Waals surface area contributed by atoms with Gasteiger partial charge in [0, 0.05) is 12.1 Å². The summed E-state index contributed by atoms with van der Waals surface area (Å²) in [4.78, 5) is 4.62. The summed E-state index contributed by atoms with van der Waals surface area (Å²) in [7, 11) is -1.46. The Morgan fingerprint density at radius 2 is 1.90 bits per heavy atom. The van der Waals surface area contributed by atoms with Crippen LogP contribution in [-0.4, -0.2) is 26.7 Å². The largest absolute Gasteiger partial charge is 0.488 e. The van der Waals surface area contributed by atoms with Crippen molar-refractivity contribution in [2.45, 2.75) is 13.3 Å². The van der Waals surface area contributed by atoms with Crippen LogP contribution in [0.15, 0.2) is 48.5 Å². The van der Waals surface area contributed by atoms with Crippen molar-refractivity contribution in [2.24, 2.45) is 0 Å². The van der Waals surface area contributed by atoms with E-state index in [0.29, 0.717) is 5.46 Å². The summed E-state index contributed by atoms with van der Waals surface area (Å²) in [5.74, 6) is 0.954. The van der Waals surface area contributed by atoms with E-state index in [0.717, 1.165) is 29.0 Å². The van der Waals surface area contributed by atoms with E-state index in [1.807, 2.05) is 36.4 Å². The molecule has 2 aromatic carbocycles. The monoisotopic (exact) mass is 266 g/mol. The maximum Gasteiger partial charge on any atom is 0.488 e. The van der Waals surface area contributed by atoms with Crippen LogP contribution in [0.4, 0.5) is 0 Å². The molecule has 0 bridgehead atoms. The first kappa shape index (κ1) is 12.9. The second kappa shape index (κ2) is 5.11. The fourth-order valence-corrected chi connectivity index (χ4v) is 2.43. The summed E-state index contributed by atoms with van der Waals surface area (Å²) in [5.41, 5.74) is 3.33. The minimum absolute atomic E-state index is 0.474. The van der Waals surface area contributed by atoms with E-state index >= 15 is 0 Å². The van der Waals surface area contributed by atoms with Crippen LogP contribution in [0.25, 0.3) is 16.7 Å². The molecule has 2 N–H and O–H groups in total. The number of para-hydroxylation sites is 2. The lowest BCUT2D eigenvalue weighted by atomic mass is 9.80. The Morgan fingerprint density at radius 1 is 1.10 bits per heavy atom. The molecule has 4 nitrogen and oxygen atoms in total. The average Bonchev–Trinajstić information content (AvgIpc) is 2.85. The lowest BCUT2D eigenvalue weighted by Gasteiger charge is -2.10. The van der Waals surface area contributed by atoms with Crippen LogP contribution in [0, 0.1) is 0 Å². The van der Waals surface area contributed by atoms with Crippen LogP contribution in [0.3, 0.4) is 0 Å². The minimum atomic E-state index is -1.46. The van der Waals surface area contributed by atoms with E-state index < -0.39 is 7.12 Å². The summed E-state index contributed by atoms with van der Waals surface area (Å²) in [5, 5.41) is 18.6. The van der Waals surface area contributed by atoms with Gasteiger partial charge in [-0.05, 0) is 29.7 Å². The molecule has 0 spiro atoms. The molecule has 1 aromatic heterocycles. The first-order valence-corrected chi connectivity index (χ1v) is 6.63. The van der Waals surface area contributed by atoms with Gasteiger partial charge in [0.1, 0.15) is 5.82 Å². The zero-order valence-corrected chi connectivity index (χ0v) is 11.2. The number of nitrogens with zero attached hydrogens (tertiary/aromatic N) is 2. The van der Waals surface area contributed by atoms with E-state index in [9.17, 15) is 10.0 Å². The standard InChI is InChI=1S/C15H15BN2O2/c1-2-15-17-13-8-3-4-9-14(13)18(15)12-7-5-6-11(10-12)16(19)20/h3-10,19-20H,2H2,1H3. The summed E-state index contributed by atoms with van der Waals surface area (Å²) in [6.45, 7) is 2.06. The molecule has 0 aliphatic rings. The van der Waals surface area contributed by atoms with E-state index in [2.05, 4.69) is 16.5 Å². The molecule has 0 aliphatic carbocycles. The van der Waals surface area contributed by atoms with Crippen LogP contribution in [0.5, 0.6) is 0 Å². The molecule has 0 aliphatic heterocycles. The summed E-state index contributed by atoms with van der Waals surface area (Å²) >= 11 is 0. The summed E-state index contributed by atoms with van der Waals surface area (Å²) < 4.78 is 2.06. The number of aromatic nitrogens is 2. The van der Waals surface area contributed by atoms with Crippen molar-refractivity contribution in [3.63, 3.8) is 0 Å². The van der Waals surface area contributed by atoms with Gasteiger partial charge >= 0.3 is 7.12 Å². The van der Waals surface area contributed by atoms with Gasteiger partial charge in [-0.1, -0.05) is 31.2 Å². The maximum atomic E-state index is 9.32. The van der Waals surface area contributed by atoms with E-state index in [4.69, 9.17) is 0 Å². The van der Waals surface area contributed by atoms with Crippen molar-refractivity contribution in [3.8, 4) is 5.69 Å². The molecule has 0 fully saturated rings. The Kier molecular flexibility index (Phi) is 3.30. The molecule has 3 aromatic rings. The van der Waals surface area contributed by atoms with Crippen LogP contribution in [-0.2, 0) is 6.42 Å². The third-order valence-electron chi connectivity index (χ3n) is 3.37. The Hall–Kier alpha value is -2.11. The van der Waals surface area contributed by atoms with Gasteiger partial charge in [-0.25, -0.2) is 4.98 Å². The number of aryl methyl sites for hydroxylation is 1. The fraction of sp³-hybridized carbons (Fsp3) is 0.133. The predicted octanol–water partition coefficient (Wildman–Crippen LogP) is 1.27. The lowest BCUT2D eigenvalue weighted by Crippen LogP contribution is -2.30. The van der Waals surface area contributed by atoms with Crippen molar-refractivity contribution in [3.05, 3.63) is 54.4 Å². The van der Waals surface area contributed by atoms with Crippen LogP contribution in [0.2, 0.25) is 0 Å². The average molecular weight is 266 g/mol. The molecule has 5 heteroatoms. The number of benzene rings is 2. The normalized spacial score (nSPS) is 10.9. The maximum absolute atomic E-state index is 9.32. The highest BCUT2D eigenvalue weighted by atomic mass is 16.4. The number of hydrogen-bond acceptors (Lipinski definition) is 3. The highest BCUT2D eigenvalue weighted by Crippen LogP contribution is 2.21. The van der Waals surface area contributed by atoms with E-state index in [-0.39, 0.29) is 0 Å². The van der Waals surface area contributed by atoms with Gasteiger partial charge in [0.15, 0.2) is 0 Å². The van der Waals surface area contributed by atoms with Gasteiger partial charge in [-0.3, -0.25) is 4.57 Å².